The molecule has 0 heterocycles. The standard InChI is InChI=1S/C17H17FN2O4S/c18-12-1-3-14(4-2-12)20-25(22,23)16-9-7-15(8-10-16)24-11-17(21)19-13-5-6-13/h1-4,7-10,13,20H,5-6,11H2,(H,19,21). The lowest BCUT2D eigenvalue weighted by molar-refractivity contribution is -0.123. The first-order valence-corrected chi connectivity index (χ1v) is 9.21. The number of sulfonamides is 1. The Hall–Kier alpha value is -2.61. The van der Waals surface area contributed by atoms with Crippen molar-refractivity contribution in [2.24, 2.45) is 0 Å². The number of halogens is 1. The molecule has 0 atom stereocenters. The molecule has 1 fully saturated rings. The molecule has 1 saturated carbocycles. The largest absolute Gasteiger partial charge is 0.484 e. The number of nitrogens with one attached hydrogen (secondary N) is 2. The van der Waals surface area contributed by atoms with Crippen LogP contribution in [0.4, 0.5) is 10.1 Å². The van der Waals surface area contributed by atoms with Crippen molar-refractivity contribution in [2.45, 2.75) is 23.8 Å². The Labute approximate surface area is 145 Å². The van der Waals surface area contributed by atoms with Gasteiger partial charge < -0.3 is 10.1 Å². The Kier molecular flexibility index (Phi) is 4.89. The van der Waals surface area contributed by atoms with Gasteiger partial charge in [-0.15, -0.1) is 0 Å². The maximum atomic E-state index is 12.9. The first-order valence-electron chi connectivity index (χ1n) is 7.73. The average molecular weight is 364 g/mol. The molecule has 2 N–H and O–H groups in total. The van der Waals surface area contributed by atoms with Crippen LogP contribution in [0.15, 0.2) is 53.4 Å². The quantitative estimate of drug-likeness (QED) is 0.789. The van der Waals surface area contributed by atoms with Gasteiger partial charge >= 0.3 is 0 Å². The Bertz CT molecular complexity index is 847. The van der Waals surface area contributed by atoms with Gasteiger partial charge in [0.25, 0.3) is 15.9 Å². The molecule has 0 spiro atoms. The molecule has 132 valence electrons. The molecule has 2 aromatic carbocycles. The molecule has 0 unspecified atom stereocenters. The SMILES string of the molecule is O=C(COc1ccc(S(=O)(=O)Nc2ccc(F)cc2)cc1)NC1CC1. The summed E-state index contributed by atoms with van der Waals surface area (Å²) < 4.78 is 45.1. The van der Waals surface area contributed by atoms with E-state index in [9.17, 15) is 17.6 Å². The second-order valence-corrected chi connectivity index (χ2v) is 7.40. The number of benzene rings is 2. The van der Waals surface area contributed by atoms with Gasteiger partial charge in [0, 0.05) is 11.7 Å². The van der Waals surface area contributed by atoms with Gasteiger partial charge in [-0.05, 0) is 61.4 Å². The summed E-state index contributed by atoms with van der Waals surface area (Å²) >= 11 is 0. The molecule has 1 aliphatic carbocycles. The topological polar surface area (TPSA) is 84.5 Å². The molecule has 3 rings (SSSR count). The fraction of sp³-hybridized carbons (Fsp3) is 0.235. The summed E-state index contributed by atoms with van der Waals surface area (Å²) in [6, 6.07) is 11.0. The van der Waals surface area contributed by atoms with E-state index in [4.69, 9.17) is 4.74 Å². The number of carbonyl (C=O) groups excluding carboxylic acids is 1. The summed E-state index contributed by atoms with van der Waals surface area (Å²) in [7, 11) is -3.79. The van der Waals surface area contributed by atoms with Crippen LogP contribution in [0.25, 0.3) is 0 Å². The smallest absolute Gasteiger partial charge is 0.261 e. The van der Waals surface area contributed by atoms with Crippen molar-refractivity contribution in [1.82, 2.24) is 5.32 Å². The van der Waals surface area contributed by atoms with Gasteiger partial charge in [0.2, 0.25) is 0 Å². The molecule has 8 heteroatoms. The fourth-order valence-corrected chi connectivity index (χ4v) is 3.15. The van der Waals surface area contributed by atoms with Crippen LogP contribution in [0.2, 0.25) is 0 Å². The van der Waals surface area contributed by atoms with Crippen LogP contribution in [-0.2, 0) is 14.8 Å². The monoisotopic (exact) mass is 364 g/mol. The molecule has 1 amide bonds. The number of anilines is 1. The Morgan fingerprint density at radius 1 is 1.08 bits per heavy atom. The number of carbonyl (C=O) groups is 1. The lowest BCUT2D eigenvalue weighted by atomic mass is 10.3. The number of hydrogen-bond acceptors (Lipinski definition) is 4. The van der Waals surface area contributed by atoms with Gasteiger partial charge in [-0.25, -0.2) is 12.8 Å². The number of amides is 1. The second kappa shape index (κ2) is 7.10. The number of ether oxygens (including phenoxy) is 1. The van der Waals surface area contributed by atoms with Crippen LogP contribution in [-0.4, -0.2) is 27.0 Å². The van der Waals surface area contributed by atoms with Gasteiger partial charge in [-0.2, -0.15) is 0 Å². The van der Waals surface area contributed by atoms with Gasteiger partial charge in [0.15, 0.2) is 6.61 Å². The molecule has 0 aromatic heterocycles. The fourth-order valence-electron chi connectivity index (χ4n) is 2.09. The summed E-state index contributed by atoms with van der Waals surface area (Å²) in [5, 5.41) is 2.79. The van der Waals surface area contributed by atoms with E-state index in [1.165, 1.54) is 48.5 Å². The molecular weight excluding hydrogens is 347 g/mol. The molecule has 0 aliphatic heterocycles. The third-order valence-electron chi connectivity index (χ3n) is 3.54. The van der Waals surface area contributed by atoms with E-state index >= 15 is 0 Å². The highest BCUT2D eigenvalue weighted by Gasteiger charge is 2.23. The summed E-state index contributed by atoms with van der Waals surface area (Å²) in [6.45, 7) is -0.115. The van der Waals surface area contributed by atoms with E-state index in [1.807, 2.05) is 0 Å². The molecule has 0 radical (unpaired) electrons. The Morgan fingerprint density at radius 2 is 1.72 bits per heavy atom. The van der Waals surface area contributed by atoms with E-state index < -0.39 is 15.8 Å². The van der Waals surface area contributed by atoms with Crippen LogP contribution in [0, 0.1) is 5.82 Å². The molecule has 2 aromatic rings. The van der Waals surface area contributed by atoms with Crippen molar-refractivity contribution >= 4 is 21.6 Å². The molecule has 0 saturated heterocycles. The Morgan fingerprint density at radius 3 is 2.32 bits per heavy atom. The highest BCUT2D eigenvalue weighted by molar-refractivity contribution is 7.92. The van der Waals surface area contributed by atoms with Crippen molar-refractivity contribution in [1.29, 1.82) is 0 Å². The zero-order valence-electron chi connectivity index (χ0n) is 13.2. The van der Waals surface area contributed by atoms with Crippen LogP contribution < -0.4 is 14.8 Å². The highest BCUT2D eigenvalue weighted by Crippen LogP contribution is 2.20. The van der Waals surface area contributed by atoms with Gasteiger partial charge in [-0.3, -0.25) is 9.52 Å². The van der Waals surface area contributed by atoms with Crippen molar-refractivity contribution < 1.29 is 22.3 Å². The molecular formula is C17H17FN2O4S. The molecule has 25 heavy (non-hydrogen) atoms. The highest BCUT2D eigenvalue weighted by atomic mass is 32.2. The van der Waals surface area contributed by atoms with Crippen LogP contribution >= 0.6 is 0 Å². The van der Waals surface area contributed by atoms with Crippen LogP contribution in [0.3, 0.4) is 0 Å². The maximum absolute atomic E-state index is 12.9. The van der Waals surface area contributed by atoms with E-state index in [0.717, 1.165) is 12.8 Å². The predicted octanol–water partition coefficient (Wildman–Crippen LogP) is 2.28. The Balaban J connectivity index is 1.60. The lowest BCUT2D eigenvalue weighted by Gasteiger charge is -2.10. The second-order valence-electron chi connectivity index (χ2n) is 5.71. The van der Waals surface area contributed by atoms with E-state index in [1.54, 1.807) is 0 Å². The van der Waals surface area contributed by atoms with E-state index in [0.29, 0.717) is 5.75 Å². The zero-order chi connectivity index (χ0) is 17.9. The van der Waals surface area contributed by atoms with Crippen molar-refractivity contribution in [3.8, 4) is 5.75 Å². The zero-order valence-corrected chi connectivity index (χ0v) is 14.1. The minimum Gasteiger partial charge on any atom is -0.484 e. The van der Waals surface area contributed by atoms with Crippen molar-refractivity contribution in [3.63, 3.8) is 0 Å². The summed E-state index contributed by atoms with van der Waals surface area (Å²) in [5.41, 5.74) is 0.262. The van der Waals surface area contributed by atoms with Gasteiger partial charge in [0.1, 0.15) is 11.6 Å². The normalized spacial score (nSPS) is 14.0. The van der Waals surface area contributed by atoms with E-state index in [-0.39, 0.29) is 29.1 Å². The molecule has 1 aliphatic rings. The minimum atomic E-state index is -3.79. The van der Waals surface area contributed by atoms with Crippen molar-refractivity contribution in [2.75, 3.05) is 11.3 Å². The number of rotatable bonds is 7. The maximum Gasteiger partial charge on any atom is 0.261 e. The van der Waals surface area contributed by atoms with Crippen LogP contribution in [0.5, 0.6) is 5.75 Å². The van der Waals surface area contributed by atoms with Gasteiger partial charge in [0.05, 0.1) is 4.90 Å². The van der Waals surface area contributed by atoms with E-state index in [2.05, 4.69) is 10.0 Å². The number of hydrogen-bond donors (Lipinski definition) is 2. The molecule has 6 nitrogen and oxygen atoms in total. The summed E-state index contributed by atoms with van der Waals surface area (Å²) in [4.78, 5) is 11.6. The van der Waals surface area contributed by atoms with Crippen LogP contribution in [0.1, 0.15) is 12.8 Å². The first kappa shape index (κ1) is 17.2. The third-order valence-corrected chi connectivity index (χ3v) is 4.94. The average Bonchev–Trinajstić information content (AvgIpc) is 3.39. The molecule has 0 bridgehead atoms. The minimum absolute atomic E-state index is 0.0339. The lowest BCUT2D eigenvalue weighted by Crippen LogP contribution is -2.30. The van der Waals surface area contributed by atoms with Crippen molar-refractivity contribution in [3.05, 3.63) is 54.3 Å². The summed E-state index contributed by atoms with van der Waals surface area (Å²) in [5.74, 6) is -0.251. The van der Waals surface area contributed by atoms with Gasteiger partial charge in [-0.1, -0.05) is 0 Å². The third kappa shape index (κ3) is 4.93. The predicted molar refractivity (Wildman–Crippen MR) is 90.3 cm³/mol. The first-order chi connectivity index (χ1) is 11.9. The summed E-state index contributed by atoms with van der Waals surface area (Å²) in [6.07, 6.45) is 2.00.